The normalized spacial score (nSPS) is 10.2. The molecule has 0 aromatic rings. The lowest BCUT2D eigenvalue weighted by Crippen LogP contribution is -1.80. The summed E-state index contributed by atoms with van der Waals surface area (Å²) in [7, 11) is 0. The van der Waals surface area contributed by atoms with Crippen LogP contribution in [0.1, 0.15) is 5.56 Å². The Balaban J connectivity index is 2.59. The van der Waals surface area contributed by atoms with Crippen LogP contribution in [0, 0.1) is 0 Å². The van der Waals surface area contributed by atoms with Crippen molar-refractivity contribution >= 4 is 0 Å². The highest BCUT2D eigenvalue weighted by atomic mass is 14.1. The third-order valence-electron chi connectivity index (χ3n) is 2.24. The molecule has 0 spiro atoms. The Morgan fingerprint density at radius 3 is 2.62 bits per heavy atom. The molecule has 0 heterocycles. The molecule has 0 radical (unpaired) electrons. The molecule has 0 atom stereocenters. The summed E-state index contributed by atoms with van der Waals surface area (Å²) in [6.45, 7) is 3.77. The monoisotopic (exact) mass is 168 g/mol. The molecule has 2 aliphatic carbocycles. The van der Waals surface area contributed by atoms with Crippen LogP contribution in [0.3, 0.4) is 0 Å². The molecule has 0 aromatic heterocycles. The van der Waals surface area contributed by atoms with Gasteiger partial charge in [-0.1, -0.05) is 48.5 Å². The zero-order valence-corrected chi connectivity index (χ0v) is 7.53. The van der Waals surface area contributed by atoms with E-state index in [2.05, 4.69) is 49.0 Å². The van der Waals surface area contributed by atoms with Crippen LogP contribution in [-0.4, -0.2) is 0 Å². The fourth-order valence-electron chi connectivity index (χ4n) is 1.63. The lowest BCUT2D eigenvalue weighted by molar-refractivity contribution is 1.30. The van der Waals surface area contributed by atoms with Gasteiger partial charge in [-0.2, -0.15) is 0 Å². The van der Waals surface area contributed by atoms with Crippen LogP contribution >= 0.6 is 0 Å². The summed E-state index contributed by atoms with van der Waals surface area (Å²) in [5.74, 6) is 0. The van der Waals surface area contributed by atoms with E-state index in [1.54, 1.807) is 0 Å². The Bertz CT molecular complexity index is 387. The van der Waals surface area contributed by atoms with Crippen molar-refractivity contribution in [2.45, 2.75) is 6.42 Å². The van der Waals surface area contributed by atoms with Gasteiger partial charge < -0.3 is 0 Å². The Hall–Kier alpha value is -1.56. The Morgan fingerprint density at radius 1 is 1.00 bits per heavy atom. The minimum absolute atomic E-state index is 0.940. The average Bonchev–Trinajstić information content (AvgIpc) is 2.52. The summed E-state index contributed by atoms with van der Waals surface area (Å²) in [5, 5.41) is 0. The summed E-state index contributed by atoms with van der Waals surface area (Å²) in [6.07, 6.45) is 2.89. The quantitative estimate of drug-likeness (QED) is 0.602. The summed E-state index contributed by atoms with van der Waals surface area (Å²) in [4.78, 5) is 0. The van der Waals surface area contributed by atoms with E-state index in [0.717, 1.165) is 6.42 Å². The van der Waals surface area contributed by atoms with Crippen molar-refractivity contribution in [1.29, 1.82) is 0 Å². The van der Waals surface area contributed by atoms with Gasteiger partial charge in [0, 0.05) is 0 Å². The van der Waals surface area contributed by atoms with Gasteiger partial charge >= 0.3 is 0 Å². The number of hydrogen-bond acceptors (Lipinski definition) is 0. The standard InChI is InChI=1S/C13H12/c1-2-6-11-7-3-4-8-12-9-5-10-13(11)12/h2-5,7-10H,1,6H2. The molecule has 0 N–H and O–H groups in total. The number of rotatable bonds is 2. The van der Waals surface area contributed by atoms with Crippen LogP contribution < -0.4 is 0 Å². The minimum atomic E-state index is 0.940. The average molecular weight is 168 g/mol. The number of fused-ring (bicyclic) bond motifs is 1. The van der Waals surface area contributed by atoms with Crippen molar-refractivity contribution in [3.8, 4) is 11.1 Å². The van der Waals surface area contributed by atoms with Gasteiger partial charge in [0.15, 0.2) is 0 Å². The predicted octanol–water partition coefficient (Wildman–Crippen LogP) is 3.52. The van der Waals surface area contributed by atoms with Crippen molar-refractivity contribution in [1.82, 2.24) is 0 Å². The second-order valence-corrected chi connectivity index (χ2v) is 3.13. The molecule has 13 heavy (non-hydrogen) atoms. The van der Waals surface area contributed by atoms with Gasteiger partial charge in [-0.25, -0.2) is 0 Å². The highest BCUT2D eigenvalue weighted by Gasteiger charge is 2.03. The third kappa shape index (κ3) is 1.48. The van der Waals surface area contributed by atoms with Gasteiger partial charge in [0.25, 0.3) is 0 Å². The molecule has 0 unspecified atom stereocenters. The maximum atomic E-state index is 3.77. The largest absolute Gasteiger partial charge is 0.103 e. The maximum Gasteiger partial charge on any atom is -0.00940 e. The maximum absolute atomic E-state index is 3.77. The van der Waals surface area contributed by atoms with Crippen molar-refractivity contribution < 1.29 is 0 Å². The number of hydrogen-bond donors (Lipinski definition) is 0. The summed E-state index contributed by atoms with van der Waals surface area (Å²) in [6, 6.07) is 14.9. The highest BCUT2D eigenvalue weighted by molar-refractivity contribution is 5.69. The van der Waals surface area contributed by atoms with E-state index in [1.807, 2.05) is 6.08 Å². The fraction of sp³-hybridized carbons (Fsp3) is 0.0769. The lowest BCUT2D eigenvalue weighted by Gasteiger charge is -1.99. The molecule has 64 valence electrons. The van der Waals surface area contributed by atoms with Gasteiger partial charge in [-0.05, 0) is 23.1 Å². The van der Waals surface area contributed by atoms with Crippen LogP contribution in [-0.2, 0) is 6.42 Å². The molecule has 2 aliphatic rings. The molecule has 0 fully saturated rings. The highest BCUT2D eigenvalue weighted by Crippen LogP contribution is 2.25. The van der Waals surface area contributed by atoms with Gasteiger partial charge in [0.05, 0.1) is 0 Å². The SMILES string of the molecule is C=CCc1ccccc2cccc1-2. The van der Waals surface area contributed by atoms with Gasteiger partial charge in [0.1, 0.15) is 0 Å². The van der Waals surface area contributed by atoms with E-state index in [0.29, 0.717) is 0 Å². The van der Waals surface area contributed by atoms with Crippen molar-refractivity contribution in [2.75, 3.05) is 0 Å². The molecule has 0 amide bonds. The zero-order chi connectivity index (χ0) is 9.10. The molecule has 2 rings (SSSR count). The number of allylic oxidation sites excluding steroid dienone is 1. The summed E-state index contributed by atoms with van der Waals surface area (Å²) in [5.41, 5.74) is 3.99. The van der Waals surface area contributed by atoms with Crippen LogP contribution in [0.2, 0.25) is 0 Å². The van der Waals surface area contributed by atoms with E-state index < -0.39 is 0 Å². The predicted molar refractivity (Wildman–Crippen MR) is 57.0 cm³/mol. The van der Waals surface area contributed by atoms with E-state index in [9.17, 15) is 0 Å². The third-order valence-corrected chi connectivity index (χ3v) is 2.24. The second-order valence-electron chi connectivity index (χ2n) is 3.13. The van der Waals surface area contributed by atoms with Gasteiger partial charge in [-0.15, -0.1) is 6.58 Å². The van der Waals surface area contributed by atoms with E-state index in [4.69, 9.17) is 0 Å². The molecule has 0 bridgehead atoms. The van der Waals surface area contributed by atoms with Gasteiger partial charge in [0.2, 0.25) is 0 Å². The van der Waals surface area contributed by atoms with Crippen LogP contribution in [0.4, 0.5) is 0 Å². The molecular formula is C13H12. The van der Waals surface area contributed by atoms with Crippen LogP contribution in [0.5, 0.6) is 0 Å². The first-order chi connectivity index (χ1) is 6.42. The molecule has 0 aromatic carbocycles. The topological polar surface area (TPSA) is 0 Å². The van der Waals surface area contributed by atoms with E-state index >= 15 is 0 Å². The Labute approximate surface area is 78.9 Å². The van der Waals surface area contributed by atoms with E-state index in [-0.39, 0.29) is 0 Å². The molecule has 0 saturated carbocycles. The first-order valence-electron chi connectivity index (χ1n) is 4.49. The second kappa shape index (κ2) is 3.44. The molecule has 0 saturated heterocycles. The van der Waals surface area contributed by atoms with Crippen LogP contribution in [0.25, 0.3) is 11.1 Å². The molecule has 0 aliphatic heterocycles. The van der Waals surface area contributed by atoms with Crippen LogP contribution in [0.15, 0.2) is 55.1 Å². The molecule has 0 heteroatoms. The molecule has 0 nitrogen and oxygen atoms in total. The first-order valence-corrected chi connectivity index (χ1v) is 4.49. The Morgan fingerprint density at radius 2 is 1.77 bits per heavy atom. The smallest absolute Gasteiger partial charge is 0.00940 e. The Kier molecular flexibility index (Phi) is 2.13. The fourth-order valence-corrected chi connectivity index (χ4v) is 1.63. The zero-order valence-electron chi connectivity index (χ0n) is 7.53. The van der Waals surface area contributed by atoms with Crippen molar-refractivity contribution in [3.05, 3.63) is 60.7 Å². The van der Waals surface area contributed by atoms with Crippen molar-refractivity contribution in [2.24, 2.45) is 0 Å². The van der Waals surface area contributed by atoms with Gasteiger partial charge in [-0.3, -0.25) is 0 Å². The minimum Gasteiger partial charge on any atom is -0.103 e. The molecular weight excluding hydrogens is 156 g/mol. The lowest BCUT2D eigenvalue weighted by atomic mass is 10.1. The first kappa shape index (κ1) is 8.06. The van der Waals surface area contributed by atoms with E-state index in [1.165, 1.54) is 16.7 Å². The summed E-state index contributed by atoms with van der Waals surface area (Å²) < 4.78 is 0. The van der Waals surface area contributed by atoms with Crippen molar-refractivity contribution in [3.63, 3.8) is 0 Å². The summed E-state index contributed by atoms with van der Waals surface area (Å²) >= 11 is 0.